The molecule has 1 fully saturated rings. The van der Waals surface area contributed by atoms with E-state index in [1.165, 1.54) is 35.3 Å². The highest BCUT2D eigenvalue weighted by Gasteiger charge is 2.42. The summed E-state index contributed by atoms with van der Waals surface area (Å²) in [6, 6.07) is 6.68. The molecular formula is C15H19NO2S. The van der Waals surface area contributed by atoms with Gasteiger partial charge in [-0.2, -0.15) is 0 Å². The summed E-state index contributed by atoms with van der Waals surface area (Å²) >= 11 is 1.79. The van der Waals surface area contributed by atoms with E-state index in [1.807, 2.05) is 0 Å². The Labute approximate surface area is 117 Å². The van der Waals surface area contributed by atoms with Crippen molar-refractivity contribution in [3.8, 4) is 0 Å². The highest BCUT2D eigenvalue weighted by atomic mass is 32.2. The minimum atomic E-state index is -1.01. The largest absolute Gasteiger partial charge is 0.480 e. The van der Waals surface area contributed by atoms with Gasteiger partial charge in [-0.15, -0.1) is 11.8 Å². The van der Waals surface area contributed by atoms with Gasteiger partial charge in [-0.25, -0.2) is 0 Å². The van der Waals surface area contributed by atoms with Gasteiger partial charge in [-0.05, 0) is 61.8 Å². The van der Waals surface area contributed by atoms with Crippen LogP contribution >= 0.6 is 11.8 Å². The summed E-state index contributed by atoms with van der Waals surface area (Å²) in [6.45, 7) is 0. The highest BCUT2D eigenvalue weighted by molar-refractivity contribution is 8.00. The van der Waals surface area contributed by atoms with Crippen molar-refractivity contribution < 1.29 is 9.90 Å². The molecule has 1 aromatic carbocycles. The van der Waals surface area contributed by atoms with Crippen molar-refractivity contribution in [2.75, 3.05) is 0 Å². The number of thioether (sulfide) groups is 1. The Morgan fingerprint density at radius 1 is 1.37 bits per heavy atom. The molecule has 0 aromatic heterocycles. The highest BCUT2D eigenvalue weighted by Crippen LogP contribution is 2.40. The molecule has 0 bridgehead atoms. The fourth-order valence-electron chi connectivity index (χ4n) is 3.14. The lowest BCUT2D eigenvalue weighted by atomic mass is 10.0. The molecule has 2 aliphatic rings. The molecule has 0 aliphatic heterocycles. The Morgan fingerprint density at radius 2 is 2.16 bits per heavy atom. The molecule has 0 spiro atoms. The van der Waals surface area contributed by atoms with Crippen LogP contribution in [0.1, 0.15) is 36.8 Å². The second-order valence-corrected chi connectivity index (χ2v) is 7.10. The average molecular weight is 277 g/mol. The van der Waals surface area contributed by atoms with Crippen molar-refractivity contribution in [3.05, 3.63) is 29.3 Å². The lowest BCUT2D eigenvalue weighted by Crippen LogP contribution is -2.45. The van der Waals surface area contributed by atoms with Crippen molar-refractivity contribution in [3.63, 3.8) is 0 Å². The third-order valence-electron chi connectivity index (χ3n) is 4.30. The van der Waals surface area contributed by atoms with Gasteiger partial charge in [0.1, 0.15) is 5.54 Å². The van der Waals surface area contributed by atoms with Crippen molar-refractivity contribution >= 4 is 17.7 Å². The van der Waals surface area contributed by atoms with Crippen LogP contribution in [0, 0.1) is 0 Å². The maximum Gasteiger partial charge on any atom is 0.323 e. The molecule has 0 heterocycles. The second-order valence-electron chi connectivity index (χ2n) is 5.73. The third kappa shape index (κ3) is 2.51. The third-order valence-corrected chi connectivity index (χ3v) is 5.56. The monoisotopic (exact) mass is 277 g/mol. The zero-order valence-electron chi connectivity index (χ0n) is 10.9. The van der Waals surface area contributed by atoms with Crippen LogP contribution in [0.3, 0.4) is 0 Å². The number of aliphatic carboxylic acids is 1. The SMILES string of the molecule is NC1(C(=O)O)CCC(Sc2ccc3c(c2)CCC3)C1. The Morgan fingerprint density at radius 3 is 2.89 bits per heavy atom. The normalized spacial score (nSPS) is 29.4. The number of hydrogen-bond acceptors (Lipinski definition) is 3. The van der Waals surface area contributed by atoms with Gasteiger partial charge < -0.3 is 10.8 Å². The summed E-state index contributed by atoms with van der Waals surface area (Å²) in [5, 5.41) is 9.48. The van der Waals surface area contributed by atoms with Gasteiger partial charge in [0.15, 0.2) is 0 Å². The molecule has 3 rings (SSSR count). The van der Waals surface area contributed by atoms with E-state index in [1.54, 1.807) is 11.8 Å². The van der Waals surface area contributed by atoms with Crippen LogP contribution in [0.15, 0.2) is 23.1 Å². The van der Waals surface area contributed by atoms with E-state index in [0.717, 1.165) is 6.42 Å². The van der Waals surface area contributed by atoms with E-state index >= 15 is 0 Å². The summed E-state index contributed by atoms with van der Waals surface area (Å²) in [6.07, 6.45) is 5.70. The lowest BCUT2D eigenvalue weighted by molar-refractivity contribution is -0.143. The number of carboxylic acid groups (broad SMARTS) is 1. The zero-order valence-corrected chi connectivity index (χ0v) is 11.7. The Balaban J connectivity index is 1.68. The van der Waals surface area contributed by atoms with Crippen molar-refractivity contribution in [2.45, 2.75) is 54.2 Å². The van der Waals surface area contributed by atoms with Gasteiger partial charge in [0, 0.05) is 10.1 Å². The number of fused-ring (bicyclic) bond motifs is 1. The first-order chi connectivity index (χ1) is 9.07. The van der Waals surface area contributed by atoms with Gasteiger partial charge in [0.25, 0.3) is 0 Å². The first-order valence-corrected chi connectivity index (χ1v) is 7.75. The maximum atomic E-state index is 11.1. The molecule has 0 saturated heterocycles. The number of aryl methyl sites for hydroxylation is 2. The molecule has 3 N–H and O–H groups in total. The molecular weight excluding hydrogens is 258 g/mol. The van der Waals surface area contributed by atoms with Gasteiger partial charge in [0.05, 0.1) is 0 Å². The number of rotatable bonds is 3. The standard InChI is InChI=1S/C15H19NO2S/c16-15(14(17)18)7-6-13(9-15)19-12-5-4-10-2-1-3-11(10)8-12/h4-5,8,13H,1-3,6-7,9,16H2,(H,17,18). The van der Waals surface area contributed by atoms with Crippen molar-refractivity contribution in [2.24, 2.45) is 5.73 Å². The second kappa shape index (κ2) is 4.84. The average Bonchev–Trinajstić information content (AvgIpc) is 2.96. The molecule has 1 saturated carbocycles. The molecule has 3 nitrogen and oxygen atoms in total. The number of hydrogen-bond donors (Lipinski definition) is 2. The Hall–Kier alpha value is -1.00. The minimum Gasteiger partial charge on any atom is -0.480 e. The van der Waals surface area contributed by atoms with Crippen LogP contribution < -0.4 is 5.73 Å². The predicted molar refractivity (Wildman–Crippen MR) is 76.5 cm³/mol. The zero-order chi connectivity index (χ0) is 13.5. The van der Waals surface area contributed by atoms with Crippen LogP contribution in [0.2, 0.25) is 0 Å². The first kappa shape index (κ1) is 13.0. The summed E-state index contributed by atoms with van der Waals surface area (Å²) in [5.41, 5.74) is 7.87. The Kier molecular flexibility index (Phi) is 3.31. The van der Waals surface area contributed by atoms with Crippen LogP contribution in [-0.2, 0) is 17.6 Å². The first-order valence-electron chi connectivity index (χ1n) is 6.87. The minimum absolute atomic E-state index is 0.334. The van der Waals surface area contributed by atoms with E-state index in [0.29, 0.717) is 18.1 Å². The fourth-order valence-corrected chi connectivity index (χ4v) is 4.50. The van der Waals surface area contributed by atoms with Crippen LogP contribution in [-0.4, -0.2) is 21.9 Å². The van der Waals surface area contributed by atoms with E-state index in [4.69, 9.17) is 10.8 Å². The smallest absolute Gasteiger partial charge is 0.323 e. The number of carboxylic acids is 1. The summed E-state index contributed by atoms with van der Waals surface area (Å²) < 4.78 is 0. The number of carbonyl (C=O) groups is 1. The molecule has 1 aromatic rings. The number of nitrogens with two attached hydrogens (primary N) is 1. The van der Waals surface area contributed by atoms with Crippen molar-refractivity contribution in [1.82, 2.24) is 0 Å². The maximum absolute atomic E-state index is 11.1. The molecule has 4 heteroatoms. The van der Waals surface area contributed by atoms with Gasteiger partial charge >= 0.3 is 5.97 Å². The molecule has 2 unspecified atom stereocenters. The van der Waals surface area contributed by atoms with Gasteiger partial charge in [-0.1, -0.05) is 6.07 Å². The van der Waals surface area contributed by atoms with Crippen LogP contribution in [0.25, 0.3) is 0 Å². The van der Waals surface area contributed by atoms with E-state index in [-0.39, 0.29) is 0 Å². The summed E-state index contributed by atoms with van der Waals surface area (Å²) in [7, 11) is 0. The molecule has 102 valence electrons. The summed E-state index contributed by atoms with van der Waals surface area (Å²) in [5.74, 6) is -0.857. The van der Waals surface area contributed by atoms with Crippen LogP contribution in [0.5, 0.6) is 0 Å². The molecule has 0 amide bonds. The Bertz CT molecular complexity index is 517. The van der Waals surface area contributed by atoms with E-state index in [2.05, 4.69) is 18.2 Å². The van der Waals surface area contributed by atoms with E-state index in [9.17, 15) is 4.79 Å². The fraction of sp³-hybridized carbons (Fsp3) is 0.533. The van der Waals surface area contributed by atoms with Gasteiger partial charge in [-0.3, -0.25) is 4.79 Å². The quantitative estimate of drug-likeness (QED) is 0.891. The topological polar surface area (TPSA) is 63.3 Å². The molecule has 2 aliphatic carbocycles. The number of benzene rings is 1. The lowest BCUT2D eigenvalue weighted by Gasteiger charge is -2.18. The summed E-state index contributed by atoms with van der Waals surface area (Å²) in [4.78, 5) is 12.4. The van der Waals surface area contributed by atoms with Gasteiger partial charge in [0.2, 0.25) is 0 Å². The van der Waals surface area contributed by atoms with E-state index < -0.39 is 11.5 Å². The van der Waals surface area contributed by atoms with Crippen molar-refractivity contribution in [1.29, 1.82) is 0 Å². The molecule has 0 radical (unpaired) electrons. The van der Waals surface area contributed by atoms with Crippen LogP contribution in [0.4, 0.5) is 0 Å². The predicted octanol–water partition coefficient (Wildman–Crippen LogP) is 2.60. The molecule has 2 atom stereocenters. The molecule has 19 heavy (non-hydrogen) atoms.